The van der Waals surface area contributed by atoms with Gasteiger partial charge in [0, 0.05) is 5.92 Å². The van der Waals surface area contributed by atoms with Crippen LogP contribution in [-0.2, 0) is 4.79 Å². The fourth-order valence-corrected chi connectivity index (χ4v) is 0.998. The number of hydrogen-bond donors (Lipinski definition) is 0. The van der Waals surface area contributed by atoms with E-state index in [1.165, 1.54) is 12.8 Å². The summed E-state index contributed by atoms with van der Waals surface area (Å²) in [6, 6.07) is 0. The normalized spacial score (nSPS) is 13.6. The van der Waals surface area contributed by atoms with Crippen LogP contribution in [0.3, 0.4) is 0 Å². The molecule has 0 aromatic heterocycles. The predicted octanol–water partition coefficient (Wildman–Crippen LogP) is 2.65. The molecule has 0 saturated carbocycles. The molecule has 0 aliphatic heterocycles. The van der Waals surface area contributed by atoms with Gasteiger partial charge in [0.05, 0.1) is 0 Å². The van der Waals surface area contributed by atoms with Gasteiger partial charge >= 0.3 is 0 Å². The number of carbonyl (C=O) groups excluding carboxylic acids is 1. The maximum atomic E-state index is 10.5. The summed E-state index contributed by atoms with van der Waals surface area (Å²) < 4.78 is 0. The standard InChI is InChI=1S/C9H18O/c1-4-5-6-9(7-10)8(2)3/h7-9H,4-6H2,1-3H3. The second-order valence-corrected chi connectivity index (χ2v) is 3.19. The van der Waals surface area contributed by atoms with E-state index in [1.807, 2.05) is 0 Å². The van der Waals surface area contributed by atoms with Crippen LogP contribution in [0, 0.1) is 11.8 Å². The highest BCUT2D eigenvalue weighted by molar-refractivity contribution is 5.53. The summed E-state index contributed by atoms with van der Waals surface area (Å²) in [6.07, 6.45) is 4.54. The monoisotopic (exact) mass is 142 g/mol. The summed E-state index contributed by atoms with van der Waals surface area (Å²) in [5, 5.41) is 0. The number of unbranched alkanes of at least 4 members (excludes halogenated alkanes) is 1. The number of carbonyl (C=O) groups is 1. The number of rotatable bonds is 5. The molecule has 1 nitrogen and oxygen atoms in total. The zero-order valence-corrected chi connectivity index (χ0v) is 7.26. The van der Waals surface area contributed by atoms with Crippen LogP contribution < -0.4 is 0 Å². The summed E-state index contributed by atoms with van der Waals surface area (Å²) >= 11 is 0. The van der Waals surface area contributed by atoms with E-state index in [1.54, 1.807) is 0 Å². The van der Waals surface area contributed by atoms with Gasteiger partial charge in [-0.2, -0.15) is 0 Å². The minimum atomic E-state index is 0.292. The Morgan fingerprint density at radius 1 is 1.40 bits per heavy atom. The molecule has 0 aromatic rings. The Labute approximate surface area is 63.8 Å². The fraction of sp³-hybridized carbons (Fsp3) is 0.889. The molecule has 0 fully saturated rings. The third-order valence-electron chi connectivity index (χ3n) is 1.92. The maximum absolute atomic E-state index is 10.5. The van der Waals surface area contributed by atoms with E-state index < -0.39 is 0 Å². The summed E-state index contributed by atoms with van der Waals surface area (Å²) in [5.41, 5.74) is 0. The van der Waals surface area contributed by atoms with Crippen LogP contribution in [-0.4, -0.2) is 6.29 Å². The van der Waals surface area contributed by atoms with E-state index in [9.17, 15) is 4.79 Å². The Hall–Kier alpha value is -0.330. The van der Waals surface area contributed by atoms with Gasteiger partial charge in [0.1, 0.15) is 6.29 Å². The topological polar surface area (TPSA) is 17.1 Å². The van der Waals surface area contributed by atoms with Crippen LogP contribution in [0.15, 0.2) is 0 Å². The van der Waals surface area contributed by atoms with Gasteiger partial charge in [-0.25, -0.2) is 0 Å². The molecule has 0 aliphatic carbocycles. The molecule has 60 valence electrons. The molecule has 0 bridgehead atoms. The van der Waals surface area contributed by atoms with Gasteiger partial charge in [-0.05, 0) is 12.3 Å². The average Bonchev–Trinajstić information content (AvgIpc) is 1.89. The average molecular weight is 142 g/mol. The van der Waals surface area contributed by atoms with Crippen molar-refractivity contribution in [3.8, 4) is 0 Å². The maximum Gasteiger partial charge on any atom is 0.123 e. The second kappa shape index (κ2) is 5.45. The molecule has 1 unspecified atom stereocenters. The van der Waals surface area contributed by atoms with Gasteiger partial charge < -0.3 is 4.79 Å². The van der Waals surface area contributed by atoms with Crippen molar-refractivity contribution in [1.29, 1.82) is 0 Å². The van der Waals surface area contributed by atoms with Crippen molar-refractivity contribution in [2.45, 2.75) is 40.0 Å². The SMILES string of the molecule is CCCCC(C=O)C(C)C. The van der Waals surface area contributed by atoms with Gasteiger partial charge in [0.25, 0.3) is 0 Å². The molecule has 0 amide bonds. The molecule has 0 N–H and O–H groups in total. The van der Waals surface area contributed by atoms with Crippen molar-refractivity contribution >= 4 is 6.29 Å². The van der Waals surface area contributed by atoms with Crippen LogP contribution in [0.5, 0.6) is 0 Å². The van der Waals surface area contributed by atoms with E-state index >= 15 is 0 Å². The van der Waals surface area contributed by atoms with Gasteiger partial charge in [0.15, 0.2) is 0 Å². The molecule has 1 atom stereocenters. The summed E-state index contributed by atoms with van der Waals surface area (Å²) in [5.74, 6) is 0.809. The van der Waals surface area contributed by atoms with Crippen molar-refractivity contribution in [2.75, 3.05) is 0 Å². The van der Waals surface area contributed by atoms with E-state index in [4.69, 9.17) is 0 Å². The molecule has 0 heterocycles. The highest BCUT2D eigenvalue weighted by Gasteiger charge is 2.10. The first-order chi connectivity index (χ1) is 4.72. The van der Waals surface area contributed by atoms with Crippen LogP contribution in [0.1, 0.15) is 40.0 Å². The first-order valence-electron chi connectivity index (χ1n) is 4.17. The number of aldehydes is 1. The lowest BCUT2D eigenvalue weighted by Gasteiger charge is -2.12. The van der Waals surface area contributed by atoms with Gasteiger partial charge in [0.2, 0.25) is 0 Å². The molecule has 0 aliphatic rings. The first-order valence-corrected chi connectivity index (χ1v) is 4.17. The molecular weight excluding hydrogens is 124 g/mol. The third-order valence-corrected chi connectivity index (χ3v) is 1.92. The highest BCUT2D eigenvalue weighted by Crippen LogP contribution is 2.14. The third kappa shape index (κ3) is 3.65. The largest absolute Gasteiger partial charge is 0.303 e. The Morgan fingerprint density at radius 3 is 2.30 bits per heavy atom. The molecule has 0 spiro atoms. The van der Waals surface area contributed by atoms with Gasteiger partial charge in [-0.3, -0.25) is 0 Å². The highest BCUT2D eigenvalue weighted by atomic mass is 16.1. The van der Waals surface area contributed by atoms with Crippen LogP contribution in [0.25, 0.3) is 0 Å². The van der Waals surface area contributed by atoms with Crippen molar-refractivity contribution in [3.05, 3.63) is 0 Å². The predicted molar refractivity (Wildman–Crippen MR) is 43.9 cm³/mol. The molecular formula is C9H18O. The molecule has 1 heteroatoms. The Bertz CT molecular complexity index is 86.7. The minimum absolute atomic E-state index is 0.292. The fourth-order valence-electron chi connectivity index (χ4n) is 0.998. The zero-order chi connectivity index (χ0) is 7.98. The van der Waals surface area contributed by atoms with Gasteiger partial charge in [-0.15, -0.1) is 0 Å². The van der Waals surface area contributed by atoms with E-state index in [0.29, 0.717) is 11.8 Å². The van der Waals surface area contributed by atoms with Crippen molar-refractivity contribution in [3.63, 3.8) is 0 Å². The van der Waals surface area contributed by atoms with Crippen molar-refractivity contribution in [2.24, 2.45) is 11.8 Å². The van der Waals surface area contributed by atoms with Crippen LogP contribution >= 0.6 is 0 Å². The summed E-state index contributed by atoms with van der Waals surface area (Å²) in [4.78, 5) is 10.5. The molecule has 10 heavy (non-hydrogen) atoms. The lowest BCUT2D eigenvalue weighted by molar-refractivity contribution is -0.112. The Kier molecular flexibility index (Phi) is 5.27. The Balaban J connectivity index is 3.50. The smallest absolute Gasteiger partial charge is 0.123 e. The van der Waals surface area contributed by atoms with Crippen molar-refractivity contribution in [1.82, 2.24) is 0 Å². The zero-order valence-electron chi connectivity index (χ0n) is 7.26. The van der Waals surface area contributed by atoms with Crippen LogP contribution in [0.2, 0.25) is 0 Å². The Morgan fingerprint density at radius 2 is 2.00 bits per heavy atom. The van der Waals surface area contributed by atoms with E-state index in [2.05, 4.69) is 20.8 Å². The second-order valence-electron chi connectivity index (χ2n) is 3.19. The molecule has 0 rings (SSSR count). The minimum Gasteiger partial charge on any atom is -0.303 e. The lowest BCUT2D eigenvalue weighted by atomic mass is 9.92. The summed E-state index contributed by atoms with van der Waals surface area (Å²) in [6.45, 7) is 6.37. The van der Waals surface area contributed by atoms with E-state index in [-0.39, 0.29) is 0 Å². The molecule has 0 saturated heterocycles. The molecule has 0 aromatic carbocycles. The molecule has 0 radical (unpaired) electrons. The lowest BCUT2D eigenvalue weighted by Crippen LogP contribution is -2.09. The van der Waals surface area contributed by atoms with Gasteiger partial charge in [-0.1, -0.05) is 33.6 Å². The summed E-state index contributed by atoms with van der Waals surface area (Å²) in [7, 11) is 0. The van der Waals surface area contributed by atoms with Crippen LogP contribution in [0.4, 0.5) is 0 Å². The first kappa shape index (κ1) is 9.67. The van der Waals surface area contributed by atoms with Crippen molar-refractivity contribution < 1.29 is 4.79 Å². The van der Waals surface area contributed by atoms with E-state index in [0.717, 1.165) is 12.7 Å². The quantitative estimate of drug-likeness (QED) is 0.539. The number of hydrogen-bond acceptors (Lipinski definition) is 1.